The molecule has 0 heterocycles. The van der Waals surface area contributed by atoms with Crippen molar-refractivity contribution in [2.75, 3.05) is 13.2 Å². The Morgan fingerprint density at radius 1 is 1.58 bits per heavy atom. The van der Waals surface area contributed by atoms with Gasteiger partial charge in [-0.3, -0.25) is 10.1 Å². The summed E-state index contributed by atoms with van der Waals surface area (Å²) in [5, 5.41) is 14.3. The predicted molar refractivity (Wildman–Crippen MR) is 75.9 cm³/mol. The van der Waals surface area contributed by atoms with E-state index >= 15 is 0 Å². The lowest BCUT2D eigenvalue weighted by atomic mass is 10.2. The van der Waals surface area contributed by atoms with Crippen LogP contribution in [0.25, 0.3) is 0 Å². The summed E-state index contributed by atoms with van der Waals surface area (Å²) in [5.74, 6) is 0.0832. The summed E-state index contributed by atoms with van der Waals surface area (Å²) < 4.78 is 5.41. The Morgan fingerprint density at radius 2 is 2.26 bits per heavy atom. The summed E-state index contributed by atoms with van der Waals surface area (Å²) in [6, 6.07) is 4.77. The lowest BCUT2D eigenvalue weighted by molar-refractivity contribution is -0.385. The van der Waals surface area contributed by atoms with Crippen LogP contribution in [0.1, 0.15) is 13.8 Å². The Labute approximate surface area is 117 Å². The largest absolute Gasteiger partial charge is 0.481 e. The first-order valence-electron chi connectivity index (χ1n) is 5.87. The summed E-state index contributed by atoms with van der Waals surface area (Å²) in [4.78, 5) is 10.3. The van der Waals surface area contributed by atoms with Crippen molar-refractivity contribution in [2.45, 2.75) is 19.9 Å². The van der Waals surface area contributed by atoms with E-state index in [9.17, 15) is 10.1 Å². The van der Waals surface area contributed by atoms with Crippen LogP contribution in [0.3, 0.4) is 0 Å². The fraction of sp³-hybridized carbons (Fsp3) is 0.385. The number of benzene rings is 1. The molecule has 0 aliphatic carbocycles. The molecule has 0 aliphatic rings. The summed E-state index contributed by atoms with van der Waals surface area (Å²) in [7, 11) is 0. The SMILES string of the molecule is C=C(CNC(C)C)COc1c(Cl)cccc1[N+](=O)[O-]. The number of nitrogens with one attached hydrogen (secondary N) is 1. The van der Waals surface area contributed by atoms with Gasteiger partial charge in [0.15, 0.2) is 0 Å². The van der Waals surface area contributed by atoms with E-state index in [0.29, 0.717) is 12.6 Å². The third-order valence-corrected chi connectivity index (χ3v) is 2.62. The average Bonchev–Trinajstić information content (AvgIpc) is 2.34. The van der Waals surface area contributed by atoms with Crippen LogP contribution in [0, 0.1) is 10.1 Å². The first-order chi connectivity index (χ1) is 8.91. The molecule has 19 heavy (non-hydrogen) atoms. The van der Waals surface area contributed by atoms with Gasteiger partial charge in [-0.2, -0.15) is 0 Å². The lowest BCUT2D eigenvalue weighted by Crippen LogP contribution is -2.26. The van der Waals surface area contributed by atoms with Crippen LogP contribution >= 0.6 is 11.6 Å². The summed E-state index contributed by atoms with van der Waals surface area (Å²) >= 11 is 5.91. The number of rotatable bonds is 7. The van der Waals surface area contributed by atoms with Crippen LogP contribution in [0.2, 0.25) is 5.02 Å². The lowest BCUT2D eigenvalue weighted by Gasteiger charge is -2.12. The van der Waals surface area contributed by atoms with Gasteiger partial charge in [0.2, 0.25) is 5.75 Å². The maximum Gasteiger partial charge on any atom is 0.312 e. The zero-order valence-electron chi connectivity index (χ0n) is 11.0. The van der Waals surface area contributed by atoms with Crippen LogP contribution in [-0.4, -0.2) is 24.1 Å². The number of hydrogen-bond acceptors (Lipinski definition) is 4. The number of nitro benzene ring substituents is 1. The monoisotopic (exact) mass is 284 g/mol. The van der Waals surface area contributed by atoms with Crippen LogP contribution in [0.4, 0.5) is 5.69 Å². The molecular formula is C13H17ClN2O3. The zero-order valence-corrected chi connectivity index (χ0v) is 11.7. The zero-order chi connectivity index (χ0) is 14.4. The van der Waals surface area contributed by atoms with Crippen molar-refractivity contribution in [3.05, 3.63) is 45.5 Å². The van der Waals surface area contributed by atoms with Crippen molar-refractivity contribution in [1.29, 1.82) is 0 Å². The smallest absolute Gasteiger partial charge is 0.312 e. The molecule has 0 fully saturated rings. The molecule has 0 saturated carbocycles. The molecule has 0 spiro atoms. The number of para-hydroxylation sites is 1. The Kier molecular flexibility index (Phi) is 5.79. The van der Waals surface area contributed by atoms with Crippen LogP contribution in [-0.2, 0) is 0 Å². The maximum absolute atomic E-state index is 10.9. The highest BCUT2D eigenvalue weighted by Crippen LogP contribution is 2.34. The molecule has 1 N–H and O–H groups in total. The highest BCUT2D eigenvalue weighted by Gasteiger charge is 2.18. The average molecular weight is 285 g/mol. The van der Waals surface area contributed by atoms with E-state index < -0.39 is 4.92 Å². The number of nitro groups is 1. The first-order valence-corrected chi connectivity index (χ1v) is 6.25. The molecule has 0 aliphatic heterocycles. The van der Waals surface area contributed by atoms with E-state index in [2.05, 4.69) is 11.9 Å². The Morgan fingerprint density at radius 3 is 2.84 bits per heavy atom. The van der Waals surface area contributed by atoms with E-state index in [4.69, 9.17) is 16.3 Å². The standard InChI is InChI=1S/C13H17ClN2O3/c1-9(2)15-7-10(3)8-19-13-11(14)5-4-6-12(13)16(17)18/h4-6,9,15H,3,7-8H2,1-2H3. The van der Waals surface area contributed by atoms with Gasteiger partial charge in [-0.1, -0.05) is 38.1 Å². The molecule has 1 rings (SSSR count). The Hall–Kier alpha value is -1.59. The molecule has 0 unspecified atom stereocenters. The van der Waals surface area contributed by atoms with Crippen LogP contribution in [0.5, 0.6) is 5.75 Å². The predicted octanol–water partition coefficient (Wildman–Crippen LogP) is 3.18. The molecule has 5 nitrogen and oxygen atoms in total. The first kappa shape index (κ1) is 15.5. The molecule has 0 amide bonds. The van der Waals surface area contributed by atoms with Gasteiger partial charge in [0.1, 0.15) is 6.61 Å². The van der Waals surface area contributed by atoms with Gasteiger partial charge in [-0.25, -0.2) is 0 Å². The third kappa shape index (κ3) is 4.89. The van der Waals surface area contributed by atoms with Gasteiger partial charge in [-0.15, -0.1) is 0 Å². The summed E-state index contributed by atoms with van der Waals surface area (Å²) in [6.45, 7) is 8.67. The second-order valence-corrected chi connectivity index (χ2v) is 4.83. The number of ether oxygens (including phenoxy) is 1. The van der Waals surface area contributed by atoms with E-state index in [0.717, 1.165) is 5.57 Å². The molecule has 0 aromatic heterocycles. The van der Waals surface area contributed by atoms with Crippen molar-refractivity contribution < 1.29 is 9.66 Å². The van der Waals surface area contributed by atoms with Gasteiger partial charge >= 0.3 is 5.69 Å². The molecule has 0 saturated heterocycles. The second-order valence-electron chi connectivity index (χ2n) is 4.42. The van der Waals surface area contributed by atoms with E-state index in [1.54, 1.807) is 6.07 Å². The van der Waals surface area contributed by atoms with Gasteiger partial charge in [0.05, 0.1) is 9.95 Å². The normalized spacial score (nSPS) is 10.5. The highest BCUT2D eigenvalue weighted by atomic mass is 35.5. The quantitative estimate of drug-likeness (QED) is 0.474. The van der Waals surface area contributed by atoms with Crippen molar-refractivity contribution in [1.82, 2.24) is 5.32 Å². The minimum Gasteiger partial charge on any atom is -0.481 e. The third-order valence-electron chi connectivity index (χ3n) is 2.32. The Balaban J connectivity index is 2.67. The Bertz CT molecular complexity index is 475. The number of halogens is 1. The molecule has 0 radical (unpaired) electrons. The van der Waals surface area contributed by atoms with E-state index in [-0.39, 0.29) is 23.1 Å². The van der Waals surface area contributed by atoms with Gasteiger partial charge in [0, 0.05) is 18.7 Å². The number of nitrogens with zero attached hydrogens (tertiary/aromatic N) is 1. The highest BCUT2D eigenvalue weighted by molar-refractivity contribution is 6.32. The second kappa shape index (κ2) is 7.11. The fourth-order valence-electron chi connectivity index (χ4n) is 1.36. The molecule has 0 bridgehead atoms. The number of hydrogen-bond donors (Lipinski definition) is 1. The van der Waals surface area contributed by atoms with Crippen molar-refractivity contribution in [3.63, 3.8) is 0 Å². The molecule has 1 aromatic carbocycles. The molecule has 104 valence electrons. The van der Waals surface area contributed by atoms with Gasteiger partial charge < -0.3 is 10.1 Å². The van der Waals surface area contributed by atoms with Crippen LogP contribution in [0.15, 0.2) is 30.4 Å². The van der Waals surface area contributed by atoms with E-state index in [1.807, 2.05) is 13.8 Å². The van der Waals surface area contributed by atoms with Gasteiger partial charge in [0.25, 0.3) is 0 Å². The maximum atomic E-state index is 10.9. The molecular weight excluding hydrogens is 268 g/mol. The van der Waals surface area contributed by atoms with Crippen molar-refractivity contribution >= 4 is 17.3 Å². The van der Waals surface area contributed by atoms with Gasteiger partial charge in [-0.05, 0) is 11.6 Å². The fourth-order valence-corrected chi connectivity index (χ4v) is 1.58. The topological polar surface area (TPSA) is 64.4 Å². The van der Waals surface area contributed by atoms with Crippen molar-refractivity contribution in [2.24, 2.45) is 0 Å². The summed E-state index contributed by atoms with van der Waals surface area (Å²) in [5.41, 5.74) is 0.653. The van der Waals surface area contributed by atoms with Crippen molar-refractivity contribution in [3.8, 4) is 5.75 Å². The van der Waals surface area contributed by atoms with E-state index in [1.165, 1.54) is 12.1 Å². The molecule has 6 heteroatoms. The minimum absolute atomic E-state index is 0.0832. The van der Waals surface area contributed by atoms with Crippen LogP contribution < -0.4 is 10.1 Å². The molecule has 0 atom stereocenters. The minimum atomic E-state index is -0.518. The summed E-state index contributed by atoms with van der Waals surface area (Å²) in [6.07, 6.45) is 0. The molecule has 1 aromatic rings.